The molecule has 1 fully saturated rings. The number of aromatic nitrogens is 2. The molecule has 0 saturated heterocycles. The summed E-state index contributed by atoms with van der Waals surface area (Å²) in [5.74, 6) is 0.158. The molecule has 2 aliphatic rings. The summed E-state index contributed by atoms with van der Waals surface area (Å²) in [7, 11) is 0. The number of hydrogen-bond acceptors (Lipinski definition) is 7. The molecule has 1 saturated carbocycles. The molecule has 8 nitrogen and oxygen atoms in total. The van der Waals surface area contributed by atoms with Crippen molar-refractivity contribution >= 4 is 38.8 Å². The Hall–Kier alpha value is -1.33. The van der Waals surface area contributed by atoms with Crippen LogP contribution in [0.3, 0.4) is 0 Å². The van der Waals surface area contributed by atoms with Gasteiger partial charge in [-0.25, -0.2) is 0 Å². The Morgan fingerprint density at radius 1 is 1.60 bits per heavy atom. The Morgan fingerprint density at radius 2 is 2.35 bits per heavy atom. The highest BCUT2D eigenvalue weighted by Gasteiger charge is 2.41. The molecular weight excluding hydrogens is 377 g/mol. The van der Waals surface area contributed by atoms with Crippen molar-refractivity contribution in [2.75, 3.05) is 15.5 Å². The number of aliphatic hydroxyl groups excluding tert-OH is 2. The van der Waals surface area contributed by atoms with Crippen LogP contribution in [0.2, 0.25) is 0 Å². The maximum atomic E-state index is 11.8. The number of nitrogens with zero attached hydrogens (tertiary/aromatic N) is 3. The number of aromatic amines is 1. The molecule has 3 atom stereocenters. The second-order valence-corrected chi connectivity index (χ2v) is 6.73. The molecule has 108 valence electrons. The van der Waals surface area contributed by atoms with Crippen molar-refractivity contribution in [3.8, 4) is 0 Å². The summed E-state index contributed by atoms with van der Waals surface area (Å²) in [4.78, 5) is 18.3. The summed E-state index contributed by atoms with van der Waals surface area (Å²) in [6, 6.07) is -0.159. The number of nitrogen functional groups attached to an aromatic ring is 1. The van der Waals surface area contributed by atoms with E-state index in [9.17, 15) is 15.0 Å². The average Bonchev–Trinajstić information content (AvgIpc) is 2.91. The van der Waals surface area contributed by atoms with Crippen molar-refractivity contribution < 1.29 is 10.2 Å². The Labute approximate surface area is 124 Å². The first-order chi connectivity index (χ1) is 9.52. The van der Waals surface area contributed by atoms with Crippen LogP contribution >= 0.6 is 21.3 Å². The fourth-order valence-electron chi connectivity index (χ4n) is 2.53. The standard InChI is InChI=1S/C11H14IN5O3/c1-4-5(3-18)7(19)2-6(4)17-9-8(16-12-17)10(20)15-11(13)14-9/h5-7,18-19H,1-3H2,(H3,13,14,15,20)/t5-,6-,7-/m0/s1. The van der Waals surface area contributed by atoms with Crippen molar-refractivity contribution in [2.24, 2.45) is 9.06 Å². The number of fused-ring (bicyclic) bond motifs is 1. The lowest BCUT2D eigenvalue weighted by Crippen LogP contribution is -2.27. The van der Waals surface area contributed by atoms with E-state index in [1.807, 2.05) is 3.11 Å². The zero-order valence-corrected chi connectivity index (χ0v) is 12.6. The van der Waals surface area contributed by atoms with E-state index >= 15 is 0 Å². The first-order valence-electron chi connectivity index (χ1n) is 6.05. The Kier molecular flexibility index (Phi) is 3.34. The molecule has 1 aromatic rings. The van der Waals surface area contributed by atoms with Gasteiger partial charge in [-0.15, -0.1) is 0 Å². The van der Waals surface area contributed by atoms with Gasteiger partial charge in [0.2, 0.25) is 5.95 Å². The Morgan fingerprint density at radius 3 is 3.00 bits per heavy atom. The van der Waals surface area contributed by atoms with Crippen molar-refractivity contribution in [3.05, 3.63) is 22.5 Å². The summed E-state index contributed by atoms with van der Waals surface area (Å²) in [5, 5.41) is 19.3. The van der Waals surface area contributed by atoms with Gasteiger partial charge in [0.05, 0.1) is 18.8 Å². The minimum atomic E-state index is -0.801. The number of rotatable bonds is 2. The first-order valence-corrected chi connectivity index (χ1v) is 7.98. The molecule has 0 amide bonds. The second-order valence-electron chi connectivity index (χ2n) is 4.78. The summed E-state index contributed by atoms with van der Waals surface area (Å²) >= 11 is -0.801. The van der Waals surface area contributed by atoms with Crippen LogP contribution in [-0.4, -0.2) is 38.9 Å². The predicted octanol–water partition coefficient (Wildman–Crippen LogP) is 0.171. The van der Waals surface area contributed by atoms with E-state index in [1.165, 1.54) is 0 Å². The summed E-state index contributed by atoms with van der Waals surface area (Å²) < 4.78 is 6.17. The molecule has 2 heterocycles. The van der Waals surface area contributed by atoms with Crippen LogP contribution in [0.4, 0.5) is 17.5 Å². The number of anilines is 2. The molecule has 5 N–H and O–H groups in total. The van der Waals surface area contributed by atoms with Crippen molar-refractivity contribution in [1.82, 2.24) is 9.97 Å². The van der Waals surface area contributed by atoms with Gasteiger partial charge >= 0.3 is 0 Å². The fourth-order valence-corrected chi connectivity index (χ4v) is 4.84. The minimum Gasteiger partial charge on any atom is -0.396 e. The quantitative estimate of drug-likeness (QED) is 0.323. The molecule has 0 unspecified atom stereocenters. The van der Waals surface area contributed by atoms with Gasteiger partial charge in [-0.3, -0.25) is 12.9 Å². The topological polar surface area (TPSA) is 128 Å². The second kappa shape index (κ2) is 4.90. The Bertz CT molecular complexity index is 658. The van der Waals surface area contributed by atoms with Gasteiger partial charge in [0.25, 0.3) is 5.56 Å². The third-order valence-corrected chi connectivity index (χ3v) is 5.90. The van der Waals surface area contributed by atoms with Crippen LogP contribution in [0, 0.1) is 5.92 Å². The monoisotopic (exact) mass is 391 g/mol. The molecule has 9 heteroatoms. The molecule has 0 aromatic carbocycles. The van der Waals surface area contributed by atoms with E-state index in [0.29, 0.717) is 17.9 Å². The smallest absolute Gasteiger partial charge is 0.280 e. The number of nitrogens with two attached hydrogens (primary N) is 1. The average molecular weight is 391 g/mol. The maximum absolute atomic E-state index is 11.8. The molecule has 0 bridgehead atoms. The molecule has 0 spiro atoms. The Balaban J connectivity index is 1.99. The number of nitrogens with one attached hydrogen (secondary N) is 1. The normalized spacial score (nSPS) is 28.6. The van der Waals surface area contributed by atoms with Crippen LogP contribution in [0.25, 0.3) is 0 Å². The van der Waals surface area contributed by atoms with Crippen molar-refractivity contribution in [1.29, 1.82) is 0 Å². The zero-order chi connectivity index (χ0) is 14.4. The van der Waals surface area contributed by atoms with Gasteiger partial charge in [-0.05, 0) is 12.0 Å². The van der Waals surface area contributed by atoms with Crippen LogP contribution in [0.15, 0.2) is 20.1 Å². The predicted molar refractivity (Wildman–Crippen MR) is 82.0 cm³/mol. The molecule has 1 aromatic heterocycles. The highest BCUT2D eigenvalue weighted by atomic mass is 127. The third-order valence-electron chi connectivity index (χ3n) is 3.60. The van der Waals surface area contributed by atoms with Gasteiger partial charge in [-0.1, -0.05) is 6.58 Å². The van der Waals surface area contributed by atoms with Gasteiger partial charge in [-0.2, -0.15) is 8.13 Å². The fraction of sp³-hybridized carbons (Fsp3) is 0.455. The SMILES string of the molecule is C=C1[C@H](CO)[C@@H](O)C[C@@H]1N1I=Nc2c1nc(N)[nH]c2=O. The maximum Gasteiger partial charge on any atom is 0.280 e. The van der Waals surface area contributed by atoms with E-state index in [4.69, 9.17) is 5.73 Å². The number of H-pyrrole nitrogens is 1. The zero-order valence-electron chi connectivity index (χ0n) is 10.5. The molecule has 1 aliphatic heterocycles. The van der Waals surface area contributed by atoms with Crippen LogP contribution in [0.5, 0.6) is 0 Å². The lowest BCUT2D eigenvalue weighted by molar-refractivity contribution is 0.102. The summed E-state index contributed by atoms with van der Waals surface area (Å²) in [6.07, 6.45) is -0.183. The molecule has 3 rings (SSSR count). The van der Waals surface area contributed by atoms with Gasteiger partial charge in [0, 0.05) is 5.92 Å². The lowest BCUT2D eigenvalue weighted by atomic mass is 10.0. The summed E-state index contributed by atoms with van der Waals surface area (Å²) in [6.45, 7) is 3.83. The largest absolute Gasteiger partial charge is 0.396 e. The van der Waals surface area contributed by atoms with Crippen molar-refractivity contribution in [2.45, 2.75) is 18.6 Å². The summed E-state index contributed by atoms with van der Waals surface area (Å²) in [5.41, 5.74) is 6.27. The van der Waals surface area contributed by atoms with E-state index in [1.54, 1.807) is 0 Å². The van der Waals surface area contributed by atoms with E-state index in [2.05, 4.69) is 19.7 Å². The van der Waals surface area contributed by atoms with Gasteiger partial charge < -0.3 is 15.9 Å². The van der Waals surface area contributed by atoms with E-state index < -0.39 is 27.4 Å². The van der Waals surface area contributed by atoms with Crippen LogP contribution in [0.1, 0.15) is 6.42 Å². The molecule has 20 heavy (non-hydrogen) atoms. The highest BCUT2D eigenvalue weighted by Crippen LogP contribution is 2.45. The molecule has 1 aliphatic carbocycles. The highest BCUT2D eigenvalue weighted by molar-refractivity contribution is 14.2. The first kappa shape index (κ1) is 13.6. The lowest BCUT2D eigenvalue weighted by Gasteiger charge is -2.23. The number of aliphatic hydroxyl groups is 2. The van der Waals surface area contributed by atoms with Gasteiger partial charge in [0.1, 0.15) is 21.3 Å². The molecule has 0 radical (unpaired) electrons. The van der Waals surface area contributed by atoms with E-state index in [-0.39, 0.29) is 30.1 Å². The number of hydrogen-bond donors (Lipinski definition) is 4. The third kappa shape index (κ3) is 1.96. The van der Waals surface area contributed by atoms with E-state index in [0.717, 1.165) is 5.57 Å². The molecular formula is C11H14IN5O3. The number of halogens is 1. The van der Waals surface area contributed by atoms with Crippen molar-refractivity contribution in [3.63, 3.8) is 0 Å². The van der Waals surface area contributed by atoms with Crippen LogP contribution < -0.4 is 14.4 Å². The van der Waals surface area contributed by atoms with Gasteiger partial charge in [0.15, 0.2) is 11.5 Å². The minimum absolute atomic E-state index is 0.0442. The van der Waals surface area contributed by atoms with Crippen LogP contribution in [-0.2, 0) is 0 Å².